The molecule has 66 valence electrons. The van der Waals surface area contributed by atoms with Gasteiger partial charge in [-0.15, -0.1) is 0 Å². The maximum atomic E-state index is 12.0. The molecule has 2 nitrogen and oxygen atoms in total. The van der Waals surface area contributed by atoms with E-state index in [0.717, 1.165) is 19.8 Å². The average molecular weight is 165 g/mol. The predicted octanol–water partition coefficient (Wildman–Crippen LogP) is 0.755. The Hall–Kier alpha value is -0.220. The lowest BCUT2D eigenvalue weighted by atomic mass is 10.1. The molecule has 1 atom stereocenters. The Morgan fingerprint density at radius 3 is 2.55 bits per heavy atom. The third-order valence-electron chi connectivity index (χ3n) is 1.80. The van der Waals surface area contributed by atoms with Gasteiger partial charge in [0, 0.05) is 12.6 Å². The first-order chi connectivity index (χ1) is 5.02. The summed E-state index contributed by atoms with van der Waals surface area (Å²) in [5, 5.41) is 11.9. The summed E-state index contributed by atoms with van der Waals surface area (Å²) in [6, 6.07) is 0.361. The van der Waals surface area contributed by atoms with Crippen LogP contribution >= 0.6 is 0 Å². The van der Waals surface area contributed by atoms with Crippen LogP contribution in [0.4, 0.5) is 8.78 Å². The van der Waals surface area contributed by atoms with Gasteiger partial charge < -0.3 is 10.4 Å². The predicted molar refractivity (Wildman–Crippen MR) is 37.7 cm³/mol. The Morgan fingerprint density at radius 2 is 2.18 bits per heavy atom. The van der Waals surface area contributed by atoms with Crippen molar-refractivity contribution in [3.63, 3.8) is 0 Å². The Balaban J connectivity index is 2.20. The fraction of sp³-hybridized carbons (Fsp3) is 1.00. The number of nitrogens with one attached hydrogen (secondary N) is 1. The van der Waals surface area contributed by atoms with Gasteiger partial charge in [-0.3, -0.25) is 0 Å². The van der Waals surface area contributed by atoms with Crippen LogP contribution in [0.15, 0.2) is 0 Å². The van der Waals surface area contributed by atoms with Gasteiger partial charge in [0.1, 0.15) is 5.60 Å². The molecule has 1 aliphatic rings. The van der Waals surface area contributed by atoms with Crippen molar-refractivity contribution in [3.05, 3.63) is 0 Å². The Morgan fingerprint density at radius 1 is 1.64 bits per heavy atom. The highest BCUT2D eigenvalue weighted by molar-refractivity contribution is 4.86. The molecule has 0 aliphatic heterocycles. The molecular formula is C7H13F2NO. The summed E-state index contributed by atoms with van der Waals surface area (Å²) >= 11 is 0. The van der Waals surface area contributed by atoms with Crippen molar-refractivity contribution in [1.29, 1.82) is 0 Å². The van der Waals surface area contributed by atoms with E-state index in [0.29, 0.717) is 6.04 Å². The minimum absolute atomic E-state index is 0.0185. The normalized spacial score (nSPS) is 23.7. The molecule has 0 spiro atoms. The molecule has 0 heterocycles. The molecule has 0 saturated heterocycles. The van der Waals surface area contributed by atoms with Crippen molar-refractivity contribution in [2.45, 2.75) is 37.8 Å². The minimum Gasteiger partial charge on any atom is -0.383 e. The number of hydrogen-bond donors (Lipinski definition) is 2. The average Bonchev–Trinajstić information content (AvgIpc) is 2.65. The third-order valence-corrected chi connectivity index (χ3v) is 1.80. The highest BCUT2D eigenvalue weighted by atomic mass is 19.3. The fourth-order valence-electron chi connectivity index (χ4n) is 0.716. The maximum Gasteiger partial charge on any atom is 0.267 e. The first kappa shape index (κ1) is 8.87. The van der Waals surface area contributed by atoms with Crippen LogP contribution in [0.5, 0.6) is 0 Å². The van der Waals surface area contributed by atoms with Crippen LogP contribution in [0, 0.1) is 0 Å². The molecule has 1 fully saturated rings. The molecule has 0 amide bonds. The monoisotopic (exact) mass is 165 g/mol. The summed E-state index contributed by atoms with van der Waals surface area (Å²) in [5.41, 5.74) is -1.87. The van der Waals surface area contributed by atoms with Gasteiger partial charge in [-0.25, -0.2) is 8.78 Å². The van der Waals surface area contributed by atoms with Crippen LogP contribution < -0.4 is 5.32 Å². The second-order valence-corrected chi connectivity index (χ2v) is 3.31. The summed E-state index contributed by atoms with van der Waals surface area (Å²) in [6.07, 6.45) is -0.590. The maximum absolute atomic E-state index is 12.0. The molecule has 0 aromatic heterocycles. The smallest absolute Gasteiger partial charge is 0.267 e. The van der Waals surface area contributed by atoms with Crippen LogP contribution in [0.25, 0.3) is 0 Å². The first-order valence-corrected chi connectivity index (χ1v) is 3.76. The molecule has 1 unspecified atom stereocenters. The first-order valence-electron chi connectivity index (χ1n) is 3.76. The molecule has 11 heavy (non-hydrogen) atoms. The zero-order valence-corrected chi connectivity index (χ0v) is 6.48. The Kier molecular flexibility index (Phi) is 2.44. The lowest BCUT2D eigenvalue weighted by molar-refractivity contribution is -0.0809. The third kappa shape index (κ3) is 2.71. The zero-order valence-electron chi connectivity index (χ0n) is 6.48. The quantitative estimate of drug-likeness (QED) is 0.644. The number of alkyl halides is 2. The van der Waals surface area contributed by atoms with Crippen LogP contribution in [0.1, 0.15) is 19.8 Å². The summed E-state index contributed by atoms with van der Waals surface area (Å²) in [7, 11) is 0. The Bertz CT molecular complexity index is 134. The van der Waals surface area contributed by atoms with Gasteiger partial charge in [-0.2, -0.15) is 0 Å². The molecule has 1 aliphatic carbocycles. The largest absolute Gasteiger partial charge is 0.383 e. The molecule has 0 aromatic rings. The van der Waals surface area contributed by atoms with Gasteiger partial charge in [-0.05, 0) is 19.8 Å². The summed E-state index contributed by atoms with van der Waals surface area (Å²) < 4.78 is 24.0. The number of hydrogen-bond acceptors (Lipinski definition) is 2. The number of aliphatic hydroxyl groups is 1. The number of halogens is 2. The number of rotatable bonds is 4. The van der Waals surface area contributed by atoms with Crippen LogP contribution in [-0.4, -0.2) is 29.7 Å². The van der Waals surface area contributed by atoms with E-state index in [-0.39, 0.29) is 6.54 Å². The molecule has 1 rings (SSSR count). The van der Waals surface area contributed by atoms with Crippen LogP contribution in [0.3, 0.4) is 0 Å². The molecular weight excluding hydrogens is 152 g/mol. The lowest BCUT2D eigenvalue weighted by Crippen LogP contribution is -2.44. The SMILES string of the molecule is CC(O)(CNC1CC1)C(F)F. The van der Waals surface area contributed by atoms with E-state index >= 15 is 0 Å². The van der Waals surface area contributed by atoms with Gasteiger partial charge in [-0.1, -0.05) is 0 Å². The van der Waals surface area contributed by atoms with Gasteiger partial charge in [0.15, 0.2) is 0 Å². The minimum atomic E-state index is -2.67. The van der Waals surface area contributed by atoms with Crippen molar-refractivity contribution < 1.29 is 13.9 Å². The van der Waals surface area contributed by atoms with E-state index in [1.807, 2.05) is 0 Å². The van der Waals surface area contributed by atoms with Crippen molar-refractivity contribution in [2.75, 3.05) is 6.54 Å². The Labute approximate surface area is 64.6 Å². The van der Waals surface area contributed by atoms with E-state index in [1.54, 1.807) is 0 Å². The van der Waals surface area contributed by atoms with Crippen molar-refractivity contribution in [3.8, 4) is 0 Å². The molecule has 0 bridgehead atoms. The molecule has 2 N–H and O–H groups in total. The zero-order chi connectivity index (χ0) is 8.48. The summed E-state index contributed by atoms with van der Waals surface area (Å²) in [4.78, 5) is 0. The van der Waals surface area contributed by atoms with Crippen molar-refractivity contribution in [2.24, 2.45) is 0 Å². The van der Waals surface area contributed by atoms with Gasteiger partial charge in [0.25, 0.3) is 6.43 Å². The van der Waals surface area contributed by atoms with E-state index in [9.17, 15) is 8.78 Å². The highest BCUT2D eigenvalue weighted by Gasteiger charge is 2.34. The highest BCUT2D eigenvalue weighted by Crippen LogP contribution is 2.21. The van der Waals surface area contributed by atoms with E-state index in [1.165, 1.54) is 0 Å². The van der Waals surface area contributed by atoms with E-state index in [2.05, 4.69) is 5.32 Å². The van der Waals surface area contributed by atoms with E-state index in [4.69, 9.17) is 5.11 Å². The fourth-order valence-corrected chi connectivity index (χ4v) is 0.716. The standard InChI is InChI=1S/C7H13F2NO/c1-7(11,6(8)9)4-10-5-2-3-5/h5-6,10-11H,2-4H2,1H3. The summed E-state index contributed by atoms with van der Waals surface area (Å²) in [6.45, 7) is 1.13. The molecule has 1 saturated carbocycles. The summed E-state index contributed by atoms with van der Waals surface area (Å²) in [5.74, 6) is 0. The van der Waals surface area contributed by atoms with Crippen molar-refractivity contribution >= 4 is 0 Å². The topological polar surface area (TPSA) is 32.3 Å². The lowest BCUT2D eigenvalue weighted by Gasteiger charge is -2.22. The van der Waals surface area contributed by atoms with Gasteiger partial charge >= 0.3 is 0 Å². The van der Waals surface area contributed by atoms with Gasteiger partial charge in [0.2, 0.25) is 0 Å². The van der Waals surface area contributed by atoms with Crippen LogP contribution in [0.2, 0.25) is 0 Å². The molecule has 0 aromatic carbocycles. The van der Waals surface area contributed by atoms with Crippen LogP contribution in [-0.2, 0) is 0 Å². The second kappa shape index (κ2) is 3.03. The second-order valence-electron chi connectivity index (χ2n) is 3.31. The van der Waals surface area contributed by atoms with E-state index < -0.39 is 12.0 Å². The molecule has 0 radical (unpaired) electrons. The van der Waals surface area contributed by atoms with Gasteiger partial charge in [0.05, 0.1) is 0 Å². The molecule has 4 heteroatoms. The van der Waals surface area contributed by atoms with Crippen molar-refractivity contribution in [1.82, 2.24) is 5.32 Å².